The molecule has 1 fully saturated rings. The largest absolute Gasteiger partial charge is 0.373 e. The lowest BCUT2D eigenvalue weighted by atomic mass is 10.1. The molecule has 236 valence electrons. The van der Waals surface area contributed by atoms with E-state index in [2.05, 4.69) is 15.3 Å². The van der Waals surface area contributed by atoms with Crippen LogP contribution >= 0.6 is 11.3 Å². The Kier molecular flexibility index (Phi) is 7.88. The number of nitrogens with one attached hydrogen (secondary N) is 1. The van der Waals surface area contributed by atoms with Gasteiger partial charge in [-0.05, 0) is 56.5 Å². The number of rotatable bonds is 8. The highest BCUT2D eigenvalue weighted by Crippen LogP contribution is 2.38. The molecule has 5 aromatic rings. The van der Waals surface area contributed by atoms with E-state index in [1.807, 2.05) is 17.7 Å². The van der Waals surface area contributed by atoms with Gasteiger partial charge in [-0.25, -0.2) is 32.2 Å². The second kappa shape index (κ2) is 11.9. The Morgan fingerprint density at radius 2 is 1.98 bits per heavy atom. The summed E-state index contributed by atoms with van der Waals surface area (Å²) in [7, 11) is -3.72. The molecule has 45 heavy (non-hydrogen) atoms. The molecule has 7 rings (SSSR count). The van der Waals surface area contributed by atoms with Crippen molar-refractivity contribution in [3.63, 3.8) is 0 Å². The quantitative estimate of drug-likeness (QED) is 0.215. The van der Waals surface area contributed by atoms with E-state index in [0.717, 1.165) is 35.4 Å². The maximum atomic E-state index is 14.5. The van der Waals surface area contributed by atoms with E-state index in [-0.39, 0.29) is 21.7 Å². The van der Waals surface area contributed by atoms with Crippen LogP contribution in [0.25, 0.3) is 21.7 Å². The van der Waals surface area contributed by atoms with Gasteiger partial charge in [-0.1, -0.05) is 0 Å². The average molecular weight is 656 g/mol. The molecule has 1 atom stereocenters. The Balaban J connectivity index is 1.37. The van der Waals surface area contributed by atoms with Crippen molar-refractivity contribution in [1.29, 1.82) is 0 Å². The summed E-state index contributed by atoms with van der Waals surface area (Å²) in [5.41, 5.74) is 3.97. The highest BCUT2D eigenvalue weighted by Gasteiger charge is 2.29. The number of aromatic nitrogens is 6. The summed E-state index contributed by atoms with van der Waals surface area (Å²) in [5, 5.41) is 8.61. The zero-order chi connectivity index (χ0) is 31.3. The molecule has 0 spiro atoms. The number of fused-ring (bicyclic) bond motifs is 2. The lowest BCUT2D eigenvalue weighted by Crippen LogP contribution is -2.20. The molecule has 2 aliphatic rings. The van der Waals surface area contributed by atoms with E-state index in [4.69, 9.17) is 19.6 Å². The molecule has 11 nitrogen and oxygen atoms in total. The van der Waals surface area contributed by atoms with Crippen molar-refractivity contribution < 1.29 is 26.7 Å². The minimum Gasteiger partial charge on any atom is -0.373 e. The fourth-order valence-electron chi connectivity index (χ4n) is 5.81. The van der Waals surface area contributed by atoms with Crippen molar-refractivity contribution in [2.75, 3.05) is 24.8 Å². The van der Waals surface area contributed by atoms with Crippen LogP contribution in [0.15, 0.2) is 41.4 Å². The van der Waals surface area contributed by atoms with Gasteiger partial charge in [0.05, 0.1) is 53.1 Å². The summed E-state index contributed by atoms with van der Waals surface area (Å²) >= 11 is 1.46. The molecule has 1 unspecified atom stereocenters. The number of aryl methyl sites for hydroxylation is 1. The van der Waals surface area contributed by atoms with Crippen LogP contribution in [0.1, 0.15) is 59.7 Å². The minimum atomic E-state index is -3.72. The van der Waals surface area contributed by atoms with Gasteiger partial charge >= 0.3 is 0 Å². The number of halogens is 2. The molecule has 1 aromatic carbocycles. The van der Waals surface area contributed by atoms with Crippen LogP contribution in [-0.4, -0.2) is 57.2 Å². The topological polar surface area (TPSA) is 126 Å². The third-order valence-electron chi connectivity index (χ3n) is 7.86. The van der Waals surface area contributed by atoms with Crippen molar-refractivity contribution in [2.24, 2.45) is 0 Å². The van der Waals surface area contributed by atoms with Crippen LogP contribution in [0, 0.1) is 6.92 Å². The second-order valence-corrected chi connectivity index (χ2v) is 14.5. The number of ether oxygens (including phenoxy) is 2. The molecular formula is C30H31F2N7O4S2. The van der Waals surface area contributed by atoms with Crippen molar-refractivity contribution in [3.05, 3.63) is 64.3 Å². The number of hydrogen-bond donors (Lipinski definition) is 1. The Bertz CT molecular complexity index is 1970. The van der Waals surface area contributed by atoms with Crippen molar-refractivity contribution in [2.45, 2.75) is 63.3 Å². The molecule has 0 saturated carbocycles. The summed E-state index contributed by atoms with van der Waals surface area (Å²) in [5.74, 6) is -0.447. The summed E-state index contributed by atoms with van der Waals surface area (Å²) in [6.07, 6.45) is 1.86. The number of pyridine rings is 1. The average Bonchev–Trinajstić information content (AvgIpc) is 3.74. The number of hydrogen-bond acceptors (Lipinski definition) is 10. The van der Waals surface area contributed by atoms with Gasteiger partial charge in [-0.3, -0.25) is 9.25 Å². The van der Waals surface area contributed by atoms with Gasteiger partial charge in [0, 0.05) is 35.9 Å². The fraction of sp³-hybridized carbons (Fsp3) is 0.400. The molecule has 0 aliphatic carbocycles. The highest BCUT2D eigenvalue weighted by molar-refractivity contribution is 7.90. The van der Waals surface area contributed by atoms with E-state index in [9.17, 15) is 17.2 Å². The Labute approximate surface area is 262 Å². The molecular weight excluding hydrogens is 625 g/mol. The predicted octanol–water partition coefficient (Wildman–Crippen LogP) is 5.96. The van der Waals surface area contributed by atoms with Gasteiger partial charge in [0.25, 0.3) is 6.43 Å². The molecule has 2 aliphatic heterocycles. The van der Waals surface area contributed by atoms with E-state index in [1.165, 1.54) is 15.9 Å². The van der Waals surface area contributed by atoms with Gasteiger partial charge in [0.1, 0.15) is 16.8 Å². The third kappa shape index (κ3) is 5.96. The number of benzene rings is 1. The first-order valence-corrected chi connectivity index (χ1v) is 17.3. The number of imidazole rings is 1. The zero-order valence-corrected chi connectivity index (χ0v) is 26.3. The number of thiazole rings is 1. The Morgan fingerprint density at radius 3 is 2.69 bits per heavy atom. The number of nitrogens with zero attached hydrogens (tertiary/aromatic N) is 6. The first-order chi connectivity index (χ1) is 21.6. The van der Waals surface area contributed by atoms with Gasteiger partial charge in [-0.15, -0.1) is 11.3 Å². The monoisotopic (exact) mass is 655 g/mol. The van der Waals surface area contributed by atoms with E-state index in [0.29, 0.717) is 61.2 Å². The van der Waals surface area contributed by atoms with Crippen LogP contribution in [-0.2, 0) is 38.9 Å². The standard InChI is InChI=1S/C30H31F2N7O4S2/c1-17-15-33-30(44-17)18-6-7-22(24(11-18)45(2,40)41)35-23-14-19(12-20-13-21-16-42-10-8-38(21)37-20)34-28-26(23)36-29(27(31)32)39(28)25-5-3-4-9-43-25/h6-7,11,13-15,25,27H,3-5,8-10,12,16H2,1-2H3,(H,34,35). The van der Waals surface area contributed by atoms with Crippen LogP contribution < -0.4 is 5.32 Å². The summed E-state index contributed by atoms with van der Waals surface area (Å²) in [6.45, 7) is 4.05. The minimum absolute atomic E-state index is 0.0465. The van der Waals surface area contributed by atoms with Crippen LogP contribution in [0.3, 0.4) is 0 Å². The Morgan fingerprint density at radius 1 is 1.11 bits per heavy atom. The Hall–Kier alpha value is -3.79. The molecule has 0 radical (unpaired) electrons. The van der Waals surface area contributed by atoms with Crippen LogP contribution in [0.5, 0.6) is 0 Å². The molecule has 15 heteroatoms. The van der Waals surface area contributed by atoms with Crippen molar-refractivity contribution in [3.8, 4) is 10.6 Å². The lowest BCUT2D eigenvalue weighted by molar-refractivity contribution is -0.0363. The number of sulfone groups is 1. The molecule has 4 aromatic heterocycles. The molecule has 1 saturated heterocycles. The van der Waals surface area contributed by atoms with Crippen molar-refractivity contribution in [1.82, 2.24) is 29.3 Å². The smallest absolute Gasteiger partial charge is 0.295 e. The first-order valence-electron chi connectivity index (χ1n) is 14.6. The normalized spacial score (nSPS) is 17.2. The SMILES string of the molecule is Cc1cnc(-c2ccc(Nc3cc(Cc4cc5n(n4)CCOC5)nc4c3nc(C(F)F)n4C3CCCCO3)c(S(C)(=O)=O)c2)s1. The van der Waals surface area contributed by atoms with Gasteiger partial charge in [0.15, 0.2) is 21.3 Å². The second-order valence-electron chi connectivity index (χ2n) is 11.3. The predicted molar refractivity (Wildman–Crippen MR) is 165 cm³/mol. The number of anilines is 2. The summed E-state index contributed by atoms with van der Waals surface area (Å²) in [6, 6.07) is 8.69. The first kappa shape index (κ1) is 29.9. The van der Waals surface area contributed by atoms with Gasteiger partial charge < -0.3 is 14.8 Å². The van der Waals surface area contributed by atoms with Gasteiger partial charge in [-0.2, -0.15) is 5.10 Å². The fourth-order valence-corrected chi connectivity index (χ4v) is 7.43. The summed E-state index contributed by atoms with van der Waals surface area (Å²) < 4.78 is 69.8. The van der Waals surface area contributed by atoms with E-state index in [1.54, 1.807) is 30.5 Å². The van der Waals surface area contributed by atoms with E-state index >= 15 is 0 Å². The molecule has 6 heterocycles. The summed E-state index contributed by atoms with van der Waals surface area (Å²) in [4.78, 5) is 14.6. The maximum absolute atomic E-state index is 14.5. The zero-order valence-electron chi connectivity index (χ0n) is 24.7. The third-order valence-corrected chi connectivity index (χ3v) is 9.96. The molecule has 1 N–H and O–H groups in total. The van der Waals surface area contributed by atoms with Crippen LogP contribution in [0.2, 0.25) is 0 Å². The molecule has 0 amide bonds. The van der Waals surface area contributed by atoms with Gasteiger partial charge in [0.2, 0.25) is 0 Å². The lowest BCUT2D eigenvalue weighted by Gasteiger charge is -2.25. The highest BCUT2D eigenvalue weighted by atomic mass is 32.2. The molecule has 0 bridgehead atoms. The number of alkyl halides is 2. The maximum Gasteiger partial charge on any atom is 0.295 e. The van der Waals surface area contributed by atoms with Crippen LogP contribution in [0.4, 0.5) is 20.2 Å². The van der Waals surface area contributed by atoms with E-state index < -0.39 is 28.3 Å². The van der Waals surface area contributed by atoms with Crippen molar-refractivity contribution >= 4 is 43.7 Å².